The number of thioether (sulfide) groups is 1. The number of nitrogens with zero attached hydrogens (tertiary/aromatic N) is 2. The number of benzene rings is 1. The summed E-state index contributed by atoms with van der Waals surface area (Å²) in [5.74, 6) is 0.154. The number of hydrogen-bond acceptors (Lipinski definition) is 4. The predicted octanol–water partition coefficient (Wildman–Crippen LogP) is 3.08. The van der Waals surface area contributed by atoms with Crippen molar-refractivity contribution in [1.82, 2.24) is 0 Å². The normalized spacial score (nSPS) is 26.8. The molecular formula is C16H19IN2O3S2. The fourth-order valence-corrected chi connectivity index (χ4v) is 7.44. The Morgan fingerprint density at radius 1 is 1.42 bits per heavy atom. The second-order valence-electron chi connectivity index (χ2n) is 6.04. The first-order valence-corrected chi connectivity index (χ1v) is 11.7. The molecule has 24 heavy (non-hydrogen) atoms. The quantitative estimate of drug-likeness (QED) is 0.623. The Morgan fingerprint density at radius 3 is 2.92 bits per heavy atom. The van der Waals surface area contributed by atoms with E-state index in [1.165, 1.54) is 11.8 Å². The van der Waals surface area contributed by atoms with E-state index in [9.17, 15) is 13.2 Å². The molecule has 2 aliphatic rings. The number of amides is 1. The molecule has 5 nitrogen and oxygen atoms in total. The highest BCUT2D eigenvalue weighted by Crippen LogP contribution is 2.41. The number of carbonyl (C=O) groups is 1. The van der Waals surface area contributed by atoms with Crippen LogP contribution in [0.1, 0.15) is 26.2 Å². The van der Waals surface area contributed by atoms with E-state index in [1.807, 2.05) is 36.1 Å². The van der Waals surface area contributed by atoms with E-state index in [4.69, 9.17) is 0 Å². The Bertz CT molecular complexity index is 779. The molecule has 2 atom stereocenters. The van der Waals surface area contributed by atoms with Gasteiger partial charge in [-0.25, -0.2) is 8.42 Å². The zero-order valence-corrected chi connectivity index (χ0v) is 17.1. The molecule has 2 aliphatic heterocycles. The molecule has 1 aromatic carbocycles. The van der Waals surface area contributed by atoms with Crippen molar-refractivity contribution in [3.63, 3.8) is 0 Å². The van der Waals surface area contributed by atoms with Crippen molar-refractivity contribution >= 4 is 61.0 Å². The van der Waals surface area contributed by atoms with E-state index in [0.717, 1.165) is 22.1 Å². The van der Waals surface area contributed by atoms with Crippen LogP contribution in [0.2, 0.25) is 0 Å². The van der Waals surface area contributed by atoms with Gasteiger partial charge in [0.2, 0.25) is 5.91 Å². The first kappa shape index (κ1) is 18.2. The van der Waals surface area contributed by atoms with Crippen LogP contribution in [0.4, 0.5) is 5.69 Å². The Balaban J connectivity index is 1.94. The van der Waals surface area contributed by atoms with E-state index in [0.29, 0.717) is 11.6 Å². The zero-order valence-electron chi connectivity index (χ0n) is 13.3. The van der Waals surface area contributed by atoms with E-state index in [1.54, 1.807) is 0 Å². The van der Waals surface area contributed by atoms with Crippen LogP contribution >= 0.6 is 34.4 Å². The van der Waals surface area contributed by atoms with Crippen molar-refractivity contribution in [2.75, 3.05) is 16.4 Å². The van der Waals surface area contributed by atoms with E-state index >= 15 is 0 Å². The lowest BCUT2D eigenvalue weighted by atomic mass is 10.2. The SMILES string of the molecule is CCCCC(=O)N=C1S[C@@H]2CS(=O)(=O)C[C@H]2N1c1cccc(I)c1. The molecular weight excluding hydrogens is 459 g/mol. The molecule has 8 heteroatoms. The van der Waals surface area contributed by atoms with Crippen LogP contribution in [0.25, 0.3) is 0 Å². The summed E-state index contributed by atoms with van der Waals surface area (Å²) in [6.07, 6.45) is 2.22. The molecule has 0 saturated carbocycles. The zero-order chi connectivity index (χ0) is 17.3. The molecule has 130 valence electrons. The number of rotatable bonds is 4. The lowest BCUT2D eigenvalue weighted by Crippen LogP contribution is -2.37. The summed E-state index contributed by atoms with van der Waals surface area (Å²) in [4.78, 5) is 18.4. The average molecular weight is 478 g/mol. The van der Waals surface area contributed by atoms with E-state index in [-0.39, 0.29) is 28.7 Å². The van der Waals surface area contributed by atoms with Crippen LogP contribution in [-0.4, -0.2) is 42.3 Å². The van der Waals surface area contributed by atoms with Gasteiger partial charge in [-0.15, -0.1) is 0 Å². The third kappa shape index (κ3) is 3.96. The highest BCUT2D eigenvalue weighted by Gasteiger charge is 2.49. The van der Waals surface area contributed by atoms with Crippen LogP contribution in [-0.2, 0) is 14.6 Å². The summed E-state index contributed by atoms with van der Waals surface area (Å²) in [7, 11) is -3.03. The summed E-state index contributed by atoms with van der Waals surface area (Å²) in [6.45, 7) is 2.04. The monoisotopic (exact) mass is 478 g/mol. The van der Waals surface area contributed by atoms with Gasteiger partial charge in [-0.05, 0) is 47.2 Å². The minimum Gasteiger partial charge on any atom is -0.316 e. The van der Waals surface area contributed by atoms with Crippen LogP contribution in [0.5, 0.6) is 0 Å². The fourth-order valence-electron chi connectivity index (χ4n) is 2.98. The largest absolute Gasteiger partial charge is 0.316 e. The predicted molar refractivity (Wildman–Crippen MR) is 107 cm³/mol. The summed E-state index contributed by atoms with van der Waals surface area (Å²) >= 11 is 3.66. The molecule has 3 rings (SSSR count). The van der Waals surface area contributed by atoms with Crippen molar-refractivity contribution in [3.05, 3.63) is 27.8 Å². The molecule has 0 spiro atoms. The van der Waals surface area contributed by atoms with Crippen molar-refractivity contribution in [2.45, 2.75) is 37.5 Å². The van der Waals surface area contributed by atoms with Gasteiger partial charge in [0, 0.05) is 20.9 Å². The number of carbonyl (C=O) groups excluding carboxylic acids is 1. The Hall–Kier alpha value is -0.610. The first-order chi connectivity index (χ1) is 11.4. The second kappa shape index (κ2) is 7.33. The van der Waals surface area contributed by atoms with Crippen molar-refractivity contribution in [3.8, 4) is 0 Å². The smallest absolute Gasteiger partial charge is 0.248 e. The third-order valence-corrected chi connectivity index (χ3v) is 8.00. The topological polar surface area (TPSA) is 66.8 Å². The lowest BCUT2D eigenvalue weighted by Gasteiger charge is -2.24. The molecule has 0 radical (unpaired) electrons. The molecule has 0 bridgehead atoms. The highest BCUT2D eigenvalue weighted by molar-refractivity contribution is 14.1. The molecule has 2 saturated heterocycles. The maximum Gasteiger partial charge on any atom is 0.248 e. The van der Waals surface area contributed by atoms with Gasteiger partial charge in [0.1, 0.15) is 0 Å². The first-order valence-electron chi connectivity index (χ1n) is 7.93. The third-order valence-electron chi connectivity index (χ3n) is 4.12. The Morgan fingerprint density at radius 2 is 2.21 bits per heavy atom. The van der Waals surface area contributed by atoms with E-state index in [2.05, 4.69) is 27.6 Å². The number of aliphatic imine (C=N–C) groups is 1. The number of anilines is 1. The number of sulfone groups is 1. The van der Waals surface area contributed by atoms with Crippen molar-refractivity contribution in [1.29, 1.82) is 0 Å². The number of halogens is 1. The van der Waals surface area contributed by atoms with Gasteiger partial charge in [-0.2, -0.15) is 4.99 Å². The number of fused-ring (bicyclic) bond motifs is 1. The minimum absolute atomic E-state index is 0.0504. The molecule has 0 aromatic heterocycles. The fraction of sp³-hybridized carbons (Fsp3) is 0.500. The summed E-state index contributed by atoms with van der Waals surface area (Å²) < 4.78 is 25.1. The highest BCUT2D eigenvalue weighted by atomic mass is 127. The minimum atomic E-state index is -3.03. The molecule has 1 amide bonds. The van der Waals surface area contributed by atoms with Gasteiger partial charge in [0.15, 0.2) is 15.0 Å². The summed E-state index contributed by atoms with van der Waals surface area (Å²) in [5, 5.41) is 0.591. The van der Waals surface area contributed by atoms with Gasteiger partial charge in [-0.1, -0.05) is 31.2 Å². The van der Waals surface area contributed by atoms with Crippen LogP contribution in [0, 0.1) is 3.57 Å². The standard InChI is InChI=1S/C16H19IN2O3S2/c1-2-3-7-15(20)18-16-19(12-6-4-5-11(17)8-12)13-9-24(21,22)10-14(13)23-16/h4-6,8,13-14H,2-3,7,9-10H2,1H3/t13-,14-/m1/s1. The average Bonchev–Trinajstić information content (AvgIpc) is 2.96. The summed E-state index contributed by atoms with van der Waals surface area (Å²) in [6, 6.07) is 7.73. The Kier molecular flexibility index (Phi) is 5.55. The van der Waals surface area contributed by atoms with Crippen molar-refractivity contribution < 1.29 is 13.2 Å². The van der Waals surface area contributed by atoms with Gasteiger partial charge in [0.05, 0.1) is 17.5 Å². The van der Waals surface area contributed by atoms with Gasteiger partial charge in [0.25, 0.3) is 0 Å². The Labute approximate surface area is 160 Å². The maximum absolute atomic E-state index is 12.1. The maximum atomic E-state index is 12.1. The van der Waals surface area contributed by atoms with Crippen LogP contribution in [0.15, 0.2) is 29.3 Å². The van der Waals surface area contributed by atoms with Crippen LogP contribution < -0.4 is 4.90 Å². The molecule has 2 fully saturated rings. The van der Waals surface area contributed by atoms with Gasteiger partial charge >= 0.3 is 0 Å². The van der Waals surface area contributed by atoms with Gasteiger partial charge < -0.3 is 4.90 Å². The number of hydrogen-bond donors (Lipinski definition) is 0. The second-order valence-corrected chi connectivity index (χ2v) is 10.6. The van der Waals surface area contributed by atoms with Crippen molar-refractivity contribution in [2.24, 2.45) is 4.99 Å². The summed E-state index contributed by atoms with van der Waals surface area (Å²) in [5.41, 5.74) is 0.904. The molecule has 0 aliphatic carbocycles. The number of unbranched alkanes of at least 4 members (excludes halogenated alkanes) is 1. The molecule has 0 N–H and O–H groups in total. The molecule has 1 aromatic rings. The molecule has 0 unspecified atom stereocenters. The lowest BCUT2D eigenvalue weighted by molar-refractivity contribution is -0.117. The van der Waals surface area contributed by atoms with Gasteiger partial charge in [-0.3, -0.25) is 4.79 Å². The van der Waals surface area contributed by atoms with Crippen LogP contribution in [0.3, 0.4) is 0 Å². The van der Waals surface area contributed by atoms with E-state index < -0.39 is 9.84 Å². The molecule has 2 heterocycles. The number of amidine groups is 1.